The lowest BCUT2D eigenvalue weighted by Gasteiger charge is -2.37. The van der Waals surface area contributed by atoms with Crippen molar-refractivity contribution in [1.29, 1.82) is 0 Å². The number of aliphatic hydroxyl groups excluding tert-OH is 2. The average Bonchev–Trinajstić information content (AvgIpc) is 2.42. The Morgan fingerprint density at radius 1 is 1.38 bits per heavy atom. The topological polar surface area (TPSA) is 52.9 Å². The van der Waals surface area contributed by atoms with Crippen molar-refractivity contribution in [1.82, 2.24) is 4.90 Å². The summed E-state index contributed by atoms with van der Waals surface area (Å²) in [7, 11) is 1.47. The van der Waals surface area contributed by atoms with E-state index in [0.717, 1.165) is 12.8 Å². The van der Waals surface area contributed by atoms with Gasteiger partial charge in [-0.2, -0.15) is 0 Å². The third kappa shape index (κ3) is 3.93. The van der Waals surface area contributed by atoms with Gasteiger partial charge in [-0.25, -0.2) is 4.39 Å². The molecule has 4 nitrogen and oxygen atoms in total. The number of nitrogens with zero attached hydrogens (tertiary/aromatic N) is 1. The molecule has 118 valence electrons. The highest BCUT2D eigenvalue weighted by Gasteiger charge is 2.26. The predicted molar refractivity (Wildman–Crippen MR) is 78.8 cm³/mol. The highest BCUT2D eigenvalue weighted by molar-refractivity contribution is 5.36. The van der Waals surface area contributed by atoms with Gasteiger partial charge in [-0.1, -0.05) is 12.5 Å². The number of hydrogen-bond acceptors (Lipinski definition) is 4. The summed E-state index contributed by atoms with van der Waals surface area (Å²) in [6.07, 6.45) is 3.02. The summed E-state index contributed by atoms with van der Waals surface area (Å²) in [6.45, 7) is 1.35. The molecule has 1 aliphatic rings. The molecule has 1 unspecified atom stereocenters. The van der Waals surface area contributed by atoms with Crippen molar-refractivity contribution in [3.63, 3.8) is 0 Å². The maximum atomic E-state index is 13.9. The van der Waals surface area contributed by atoms with Crippen molar-refractivity contribution in [3.8, 4) is 5.75 Å². The molecule has 0 amide bonds. The summed E-state index contributed by atoms with van der Waals surface area (Å²) in [4.78, 5) is 2.18. The van der Waals surface area contributed by atoms with Crippen LogP contribution < -0.4 is 4.74 Å². The van der Waals surface area contributed by atoms with Crippen LogP contribution in [-0.4, -0.2) is 48.0 Å². The molecule has 2 rings (SSSR count). The fourth-order valence-electron chi connectivity index (χ4n) is 2.81. The van der Waals surface area contributed by atoms with Gasteiger partial charge in [0.1, 0.15) is 11.6 Å². The zero-order valence-electron chi connectivity index (χ0n) is 12.5. The summed E-state index contributed by atoms with van der Waals surface area (Å²) in [6, 6.07) is 5.04. The Balaban J connectivity index is 1.98. The zero-order valence-corrected chi connectivity index (χ0v) is 12.5. The van der Waals surface area contributed by atoms with Gasteiger partial charge in [0.05, 0.1) is 25.4 Å². The molecule has 5 heteroatoms. The van der Waals surface area contributed by atoms with E-state index in [9.17, 15) is 9.50 Å². The Labute approximate surface area is 125 Å². The number of halogens is 1. The second-order valence-electron chi connectivity index (χ2n) is 5.50. The SMILES string of the molecule is COc1cccc(F)c1C(O)CCN(CCO)C1CCC1. The van der Waals surface area contributed by atoms with E-state index in [1.54, 1.807) is 12.1 Å². The first-order valence-electron chi connectivity index (χ1n) is 7.52. The molecular weight excluding hydrogens is 273 g/mol. The number of ether oxygens (including phenoxy) is 1. The summed E-state index contributed by atoms with van der Waals surface area (Å²) >= 11 is 0. The lowest BCUT2D eigenvalue weighted by Crippen LogP contribution is -2.42. The minimum absolute atomic E-state index is 0.107. The molecule has 21 heavy (non-hydrogen) atoms. The number of rotatable bonds is 8. The van der Waals surface area contributed by atoms with Gasteiger partial charge in [0.25, 0.3) is 0 Å². The highest BCUT2D eigenvalue weighted by atomic mass is 19.1. The van der Waals surface area contributed by atoms with E-state index in [4.69, 9.17) is 9.84 Å². The fourth-order valence-corrected chi connectivity index (χ4v) is 2.81. The molecule has 0 radical (unpaired) electrons. The van der Waals surface area contributed by atoms with Crippen LogP contribution in [0.4, 0.5) is 4.39 Å². The van der Waals surface area contributed by atoms with Crippen LogP contribution >= 0.6 is 0 Å². The average molecular weight is 297 g/mol. The van der Waals surface area contributed by atoms with E-state index in [2.05, 4.69) is 4.90 Å². The number of hydrogen-bond donors (Lipinski definition) is 2. The molecule has 0 aromatic heterocycles. The lowest BCUT2D eigenvalue weighted by atomic mass is 9.91. The van der Waals surface area contributed by atoms with Crippen LogP contribution in [0.15, 0.2) is 18.2 Å². The standard InChI is InChI=1S/C16H24FNO3/c1-21-15-7-3-6-13(17)16(15)14(20)8-9-18(10-11-19)12-4-2-5-12/h3,6-7,12,14,19-20H,2,4-5,8-11H2,1H3. The van der Waals surface area contributed by atoms with Crippen LogP contribution in [0.1, 0.15) is 37.4 Å². The number of benzene rings is 1. The van der Waals surface area contributed by atoms with E-state index < -0.39 is 11.9 Å². The van der Waals surface area contributed by atoms with Crippen molar-refractivity contribution in [2.45, 2.75) is 37.8 Å². The Morgan fingerprint density at radius 3 is 2.71 bits per heavy atom. The van der Waals surface area contributed by atoms with Crippen LogP contribution in [0.25, 0.3) is 0 Å². The van der Waals surface area contributed by atoms with Gasteiger partial charge in [0.15, 0.2) is 0 Å². The van der Waals surface area contributed by atoms with E-state index in [1.165, 1.54) is 19.6 Å². The van der Waals surface area contributed by atoms with E-state index in [0.29, 0.717) is 31.3 Å². The molecule has 1 aliphatic carbocycles. The Kier molecular flexibility index (Phi) is 5.96. The molecule has 0 bridgehead atoms. The molecule has 0 aliphatic heterocycles. The maximum absolute atomic E-state index is 13.9. The first kappa shape index (κ1) is 16.2. The molecule has 1 saturated carbocycles. The molecular formula is C16H24FNO3. The van der Waals surface area contributed by atoms with E-state index >= 15 is 0 Å². The second-order valence-corrected chi connectivity index (χ2v) is 5.50. The molecule has 1 atom stereocenters. The third-order valence-electron chi connectivity index (χ3n) is 4.23. The summed E-state index contributed by atoms with van der Waals surface area (Å²) in [5.41, 5.74) is 0.220. The lowest BCUT2D eigenvalue weighted by molar-refractivity contribution is 0.0748. The largest absolute Gasteiger partial charge is 0.496 e. The van der Waals surface area contributed by atoms with E-state index in [-0.39, 0.29) is 12.2 Å². The molecule has 1 fully saturated rings. The Morgan fingerprint density at radius 2 is 2.14 bits per heavy atom. The minimum Gasteiger partial charge on any atom is -0.496 e. The quantitative estimate of drug-likeness (QED) is 0.771. The van der Waals surface area contributed by atoms with Crippen molar-refractivity contribution in [2.24, 2.45) is 0 Å². The minimum atomic E-state index is -0.901. The normalized spacial score (nSPS) is 16.8. The van der Waals surface area contributed by atoms with Crippen LogP contribution in [-0.2, 0) is 0 Å². The molecule has 0 spiro atoms. The molecule has 1 aromatic carbocycles. The molecule has 2 N–H and O–H groups in total. The van der Waals surface area contributed by atoms with Gasteiger partial charge >= 0.3 is 0 Å². The van der Waals surface area contributed by atoms with Gasteiger partial charge in [0, 0.05) is 19.1 Å². The number of aliphatic hydroxyl groups is 2. The van der Waals surface area contributed by atoms with Gasteiger partial charge in [-0.3, -0.25) is 4.90 Å². The van der Waals surface area contributed by atoms with Crippen molar-refractivity contribution in [3.05, 3.63) is 29.6 Å². The Bertz CT molecular complexity index is 451. The van der Waals surface area contributed by atoms with Crippen LogP contribution in [0.2, 0.25) is 0 Å². The van der Waals surface area contributed by atoms with Gasteiger partial charge in [0.2, 0.25) is 0 Å². The first-order valence-corrected chi connectivity index (χ1v) is 7.52. The van der Waals surface area contributed by atoms with Crippen LogP contribution in [0.3, 0.4) is 0 Å². The summed E-state index contributed by atoms with van der Waals surface area (Å²) < 4.78 is 19.0. The van der Waals surface area contributed by atoms with Crippen LogP contribution in [0.5, 0.6) is 5.75 Å². The van der Waals surface area contributed by atoms with Crippen molar-refractivity contribution >= 4 is 0 Å². The number of methoxy groups -OCH3 is 1. The van der Waals surface area contributed by atoms with Crippen LogP contribution in [0, 0.1) is 5.82 Å². The van der Waals surface area contributed by atoms with Gasteiger partial charge in [-0.05, 0) is 31.4 Å². The zero-order chi connectivity index (χ0) is 15.2. The molecule has 1 aromatic rings. The van der Waals surface area contributed by atoms with Gasteiger partial charge in [-0.15, -0.1) is 0 Å². The third-order valence-corrected chi connectivity index (χ3v) is 4.23. The Hall–Kier alpha value is -1.17. The monoisotopic (exact) mass is 297 g/mol. The summed E-state index contributed by atoms with van der Waals surface area (Å²) in [5.74, 6) is -0.0703. The predicted octanol–water partition coefficient (Wildman–Crippen LogP) is 2.10. The highest BCUT2D eigenvalue weighted by Crippen LogP contribution is 2.31. The van der Waals surface area contributed by atoms with E-state index in [1.807, 2.05) is 0 Å². The first-order chi connectivity index (χ1) is 10.2. The van der Waals surface area contributed by atoms with Crippen molar-refractivity contribution < 1.29 is 19.3 Å². The maximum Gasteiger partial charge on any atom is 0.132 e. The van der Waals surface area contributed by atoms with Crippen molar-refractivity contribution in [2.75, 3.05) is 26.8 Å². The summed E-state index contributed by atoms with van der Waals surface area (Å²) in [5, 5.41) is 19.4. The fraction of sp³-hybridized carbons (Fsp3) is 0.625. The molecule has 0 heterocycles. The smallest absolute Gasteiger partial charge is 0.132 e. The molecule has 0 saturated heterocycles. The van der Waals surface area contributed by atoms with Gasteiger partial charge < -0.3 is 14.9 Å². The second kappa shape index (κ2) is 7.73.